The lowest BCUT2D eigenvalue weighted by Gasteiger charge is -2.33. The number of rotatable bonds is 4. The molecule has 1 saturated heterocycles. The minimum absolute atomic E-state index is 0.0371. The normalized spacial score (nSPS) is 15.1. The van der Waals surface area contributed by atoms with Crippen molar-refractivity contribution < 1.29 is 9.18 Å². The van der Waals surface area contributed by atoms with Crippen molar-refractivity contribution in [2.45, 2.75) is 25.7 Å². The van der Waals surface area contributed by atoms with Crippen LogP contribution in [0.25, 0.3) is 11.1 Å². The molecule has 0 spiro atoms. The molecule has 3 heterocycles. The molecule has 2 aromatic heterocycles. The molecule has 0 bridgehead atoms. The third-order valence-electron chi connectivity index (χ3n) is 5.14. The third kappa shape index (κ3) is 3.45. The van der Waals surface area contributed by atoms with E-state index in [1.54, 1.807) is 24.7 Å². The number of piperidine rings is 1. The van der Waals surface area contributed by atoms with Crippen LogP contribution in [0.1, 0.15) is 40.5 Å². The highest BCUT2D eigenvalue weighted by atomic mass is 19.1. The minimum Gasteiger partial charge on any atom is -0.356 e. The Bertz CT molecular complexity index is 962. The lowest BCUT2D eigenvalue weighted by molar-refractivity contribution is 0.0836. The van der Waals surface area contributed by atoms with E-state index in [1.165, 1.54) is 12.4 Å². The van der Waals surface area contributed by atoms with Crippen LogP contribution < -0.4 is 4.90 Å². The molecule has 27 heavy (non-hydrogen) atoms. The highest BCUT2D eigenvalue weighted by Crippen LogP contribution is 2.34. The quantitative estimate of drug-likeness (QED) is 0.714. The molecule has 0 saturated carbocycles. The van der Waals surface area contributed by atoms with E-state index in [0.717, 1.165) is 54.3 Å². The number of nitrogens with one attached hydrogen (secondary N) is 1. The molecular formula is C20H20FN5O. The van der Waals surface area contributed by atoms with Gasteiger partial charge in [0.2, 0.25) is 0 Å². The predicted molar refractivity (Wildman–Crippen MR) is 100 cm³/mol. The zero-order chi connectivity index (χ0) is 18.8. The van der Waals surface area contributed by atoms with Crippen LogP contribution in [0.2, 0.25) is 0 Å². The first-order chi connectivity index (χ1) is 13.1. The number of carbonyl (C=O) groups excluding carboxylic acids is 1. The van der Waals surface area contributed by atoms with Crippen LogP contribution in [0.4, 0.5) is 10.2 Å². The van der Waals surface area contributed by atoms with Crippen molar-refractivity contribution in [1.29, 1.82) is 0 Å². The fourth-order valence-corrected chi connectivity index (χ4v) is 3.73. The minimum atomic E-state index is -1.44. The van der Waals surface area contributed by atoms with E-state index in [-0.39, 0.29) is 5.56 Å². The summed E-state index contributed by atoms with van der Waals surface area (Å²) in [7, 11) is 0. The van der Waals surface area contributed by atoms with Gasteiger partial charge in [-0.3, -0.25) is 4.79 Å². The number of H-pyrrole nitrogens is 1. The number of halogens is 1. The summed E-state index contributed by atoms with van der Waals surface area (Å²) in [6, 6.07) is 5.09. The van der Waals surface area contributed by atoms with Gasteiger partial charge in [-0.2, -0.15) is 4.39 Å². The van der Waals surface area contributed by atoms with Gasteiger partial charge in [0, 0.05) is 36.5 Å². The zero-order valence-electron chi connectivity index (χ0n) is 15.0. The fourth-order valence-electron chi connectivity index (χ4n) is 3.73. The summed E-state index contributed by atoms with van der Waals surface area (Å²) in [6.07, 6.45) is 6.95. The summed E-state index contributed by atoms with van der Waals surface area (Å²) >= 11 is 0. The van der Waals surface area contributed by atoms with E-state index in [4.69, 9.17) is 0 Å². The van der Waals surface area contributed by atoms with Crippen LogP contribution >= 0.6 is 0 Å². The third-order valence-corrected chi connectivity index (χ3v) is 5.14. The number of aryl methyl sites for hydroxylation is 1. The second kappa shape index (κ2) is 7.26. The van der Waals surface area contributed by atoms with Crippen molar-refractivity contribution in [3.63, 3.8) is 0 Å². The number of aromatic nitrogens is 4. The maximum atomic E-state index is 13.1. The van der Waals surface area contributed by atoms with Gasteiger partial charge in [0.25, 0.3) is 0 Å². The van der Waals surface area contributed by atoms with Crippen molar-refractivity contribution in [3.8, 4) is 11.1 Å². The largest absolute Gasteiger partial charge is 0.356 e. The molecule has 4 rings (SSSR count). The summed E-state index contributed by atoms with van der Waals surface area (Å²) in [5.74, 6) is 1.25. The van der Waals surface area contributed by atoms with Gasteiger partial charge in [0.15, 0.2) is 0 Å². The molecule has 0 unspecified atom stereocenters. The number of nitrogens with zero attached hydrogens (tertiary/aromatic N) is 4. The second-order valence-corrected chi connectivity index (χ2v) is 6.79. The Kier molecular flexibility index (Phi) is 4.66. The Morgan fingerprint density at radius 3 is 2.78 bits per heavy atom. The first-order valence-electron chi connectivity index (χ1n) is 8.98. The van der Waals surface area contributed by atoms with Crippen LogP contribution in [-0.2, 0) is 0 Å². The number of anilines is 1. The number of benzene rings is 1. The van der Waals surface area contributed by atoms with Crippen LogP contribution in [-0.4, -0.2) is 39.1 Å². The van der Waals surface area contributed by atoms with Crippen molar-refractivity contribution in [3.05, 3.63) is 60.1 Å². The number of hydrogen-bond acceptors (Lipinski definition) is 5. The molecule has 0 radical (unpaired) electrons. The molecule has 0 atom stereocenters. The first kappa shape index (κ1) is 17.3. The molecule has 0 amide bonds. The van der Waals surface area contributed by atoms with Crippen LogP contribution in [0.15, 0.2) is 43.1 Å². The van der Waals surface area contributed by atoms with E-state index >= 15 is 0 Å². The lowest BCUT2D eigenvalue weighted by atomic mass is 9.92. The molecule has 6 nitrogen and oxygen atoms in total. The average Bonchev–Trinajstić information content (AvgIpc) is 3.14. The summed E-state index contributed by atoms with van der Waals surface area (Å²) in [5.41, 5.74) is 3.85. The number of aromatic amines is 1. The van der Waals surface area contributed by atoms with Crippen LogP contribution in [0, 0.1) is 6.92 Å². The van der Waals surface area contributed by atoms with Gasteiger partial charge in [-0.05, 0) is 37.5 Å². The van der Waals surface area contributed by atoms with Gasteiger partial charge in [0.1, 0.15) is 12.1 Å². The number of imidazole rings is 1. The SMILES string of the molecule is Cc1[nH]cnc1C1CCN(c2ncncc2-c2cccc(C(=O)F)c2)CC1. The number of carbonyl (C=O) groups is 1. The van der Waals surface area contributed by atoms with Gasteiger partial charge in [-0.1, -0.05) is 12.1 Å². The summed E-state index contributed by atoms with van der Waals surface area (Å²) in [5, 5.41) is 0. The Morgan fingerprint density at radius 2 is 2.07 bits per heavy atom. The molecule has 0 aliphatic carbocycles. The van der Waals surface area contributed by atoms with E-state index in [2.05, 4.69) is 31.8 Å². The monoisotopic (exact) mass is 365 g/mol. The molecular weight excluding hydrogens is 345 g/mol. The fraction of sp³-hybridized carbons (Fsp3) is 0.300. The lowest BCUT2D eigenvalue weighted by Crippen LogP contribution is -2.34. The molecule has 3 aromatic rings. The van der Waals surface area contributed by atoms with Crippen LogP contribution in [0.5, 0.6) is 0 Å². The van der Waals surface area contributed by atoms with E-state index in [9.17, 15) is 9.18 Å². The predicted octanol–water partition coefficient (Wildman–Crippen LogP) is 3.67. The Balaban J connectivity index is 1.58. The van der Waals surface area contributed by atoms with Gasteiger partial charge >= 0.3 is 6.04 Å². The Morgan fingerprint density at radius 1 is 1.26 bits per heavy atom. The van der Waals surface area contributed by atoms with Crippen molar-refractivity contribution >= 4 is 11.9 Å². The first-order valence-corrected chi connectivity index (χ1v) is 8.98. The number of hydrogen-bond donors (Lipinski definition) is 1. The molecule has 1 aromatic carbocycles. The highest BCUT2D eigenvalue weighted by molar-refractivity contribution is 5.90. The van der Waals surface area contributed by atoms with Crippen LogP contribution in [0.3, 0.4) is 0 Å². The zero-order valence-corrected chi connectivity index (χ0v) is 15.0. The summed E-state index contributed by atoms with van der Waals surface area (Å²) < 4.78 is 13.1. The maximum Gasteiger partial charge on any atom is 0.332 e. The van der Waals surface area contributed by atoms with Gasteiger partial charge in [0.05, 0.1) is 17.6 Å². The van der Waals surface area contributed by atoms with Gasteiger partial charge in [-0.25, -0.2) is 15.0 Å². The molecule has 138 valence electrons. The van der Waals surface area contributed by atoms with Gasteiger partial charge in [-0.15, -0.1) is 0 Å². The molecule has 1 aliphatic rings. The van der Waals surface area contributed by atoms with E-state index < -0.39 is 6.04 Å². The second-order valence-electron chi connectivity index (χ2n) is 6.79. The highest BCUT2D eigenvalue weighted by Gasteiger charge is 2.25. The summed E-state index contributed by atoms with van der Waals surface area (Å²) in [6.45, 7) is 3.75. The van der Waals surface area contributed by atoms with E-state index in [0.29, 0.717) is 5.92 Å². The van der Waals surface area contributed by atoms with Gasteiger partial charge < -0.3 is 9.88 Å². The molecule has 1 fully saturated rings. The van der Waals surface area contributed by atoms with Crippen molar-refractivity contribution in [2.24, 2.45) is 0 Å². The maximum absolute atomic E-state index is 13.1. The van der Waals surface area contributed by atoms with E-state index in [1.807, 2.05) is 6.07 Å². The van der Waals surface area contributed by atoms with Crippen molar-refractivity contribution in [1.82, 2.24) is 19.9 Å². The topological polar surface area (TPSA) is 74.8 Å². The van der Waals surface area contributed by atoms with Crippen molar-refractivity contribution in [2.75, 3.05) is 18.0 Å². The smallest absolute Gasteiger partial charge is 0.332 e. The molecule has 7 heteroatoms. The molecule has 1 N–H and O–H groups in total. The summed E-state index contributed by atoms with van der Waals surface area (Å²) in [4.78, 5) is 29.5. The Hall–Kier alpha value is -3.09. The molecule has 1 aliphatic heterocycles. The Labute approximate surface area is 156 Å². The average molecular weight is 365 g/mol. The standard InChI is InChI=1S/C20H20FN5O/c1-13-18(24-12-23-13)14-5-7-26(8-6-14)20-17(10-22-11-25-20)15-3-2-4-16(9-15)19(21)27/h2-4,9-12,14H,5-8H2,1H3,(H,23,24).